The lowest BCUT2D eigenvalue weighted by atomic mass is 9.67. The van der Waals surface area contributed by atoms with E-state index < -0.39 is 35.3 Å². The summed E-state index contributed by atoms with van der Waals surface area (Å²) >= 11 is 0. The van der Waals surface area contributed by atoms with Crippen LogP contribution in [-0.2, 0) is 28.6 Å². The minimum atomic E-state index is -1.55. The minimum absolute atomic E-state index is 0.101. The number of carbonyl (C=O) groups is 3. The average molecular weight is 300 g/mol. The number of hydrogen-bond acceptors (Lipinski definition) is 7. The molecule has 0 amide bonds. The number of aliphatic hydroxyl groups excluding tert-OH is 1. The molecule has 0 radical (unpaired) electrons. The lowest BCUT2D eigenvalue weighted by Gasteiger charge is -2.38. The lowest BCUT2D eigenvalue weighted by molar-refractivity contribution is -0.176. The fourth-order valence-corrected chi connectivity index (χ4v) is 2.73. The molecule has 1 aliphatic carbocycles. The standard InChI is InChI=1S/C14H20O7/c1-8(11(16)19-2)9-5-6-14(7-10(9)15,12(17)20-3)13(18)21-4/h9-10,15H,1,5-7H2,2-4H3/t9-,10+/m1/s1. The summed E-state index contributed by atoms with van der Waals surface area (Å²) in [6, 6.07) is 0. The van der Waals surface area contributed by atoms with Crippen molar-refractivity contribution < 1.29 is 33.7 Å². The molecule has 1 fully saturated rings. The highest BCUT2D eigenvalue weighted by molar-refractivity contribution is 6.00. The third kappa shape index (κ3) is 3.07. The van der Waals surface area contributed by atoms with E-state index in [-0.39, 0.29) is 24.8 Å². The largest absolute Gasteiger partial charge is 0.468 e. The molecule has 2 atom stereocenters. The molecule has 0 unspecified atom stereocenters. The zero-order valence-electron chi connectivity index (χ0n) is 12.4. The number of hydrogen-bond donors (Lipinski definition) is 1. The minimum Gasteiger partial charge on any atom is -0.468 e. The molecule has 0 heterocycles. The third-order valence-corrected chi connectivity index (χ3v) is 3.95. The van der Waals surface area contributed by atoms with Crippen LogP contribution in [0.5, 0.6) is 0 Å². The summed E-state index contributed by atoms with van der Waals surface area (Å²) in [4.78, 5) is 35.4. The summed E-state index contributed by atoms with van der Waals surface area (Å²) in [7, 11) is 3.55. The van der Waals surface area contributed by atoms with Crippen LogP contribution in [0.25, 0.3) is 0 Å². The van der Waals surface area contributed by atoms with E-state index in [4.69, 9.17) is 0 Å². The zero-order valence-corrected chi connectivity index (χ0v) is 12.4. The molecule has 0 aliphatic heterocycles. The average Bonchev–Trinajstić information content (AvgIpc) is 2.51. The zero-order chi connectivity index (χ0) is 16.2. The van der Waals surface area contributed by atoms with Crippen LogP contribution in [0.2, 0.25) is 0 Å². The summed E-state index contributed by atoms with van der Waals surface area (Å²) in [5.74, 6) is -2.70. The van der Waals surface area contributed by atoms with Crippen molar-refractivity contribution in [2.45, 2.75) is 25.4 Å². The van der Waals surface area contributed by atoms with Crippen molar-refractivity contribution in [3.8, 4) is 0 Å². The summed E-state index contributed by atoms with van der Waals surface area (Å²) in [5, 5.41) is 10.2. The topological polar surface area (TPSA) is 99.1 Å². The van der Waals surface area contributed by atoms with Crippen molar-refractivity contribution in [2.24, 2.45) is 11.3 Å². The number of aliphatic hydroxyl groups is 1. The van der Waals surface area contributed by atoms with Crippen LogP contribution >= 0.6 is 0 Å². The van der Waals surface area contributed by atoms with Gasteiger partial charge in [0.15, 0.2) is 5.41 Å². The van der Waals surface area contributed by atoms with Crippen LogP contribution in [0.1, 0.15) is 19.3 Å². The smallest absolute Gasteiger partial charge is 0.333 e. The summed E-state index contributed by atoms with van der Waals surface area (Å²) in [6.07, 6.45) is -0.959. The van der Waals surface area contributed by atoms with Gasteiger partial charge in [-0.1, -0.05) is 6.58 Å². The first kappa shape index (κ1) is 17.2. The van der Waals surface area contributed by atoms with E-state index >= 15 is 0 Å². The predicted molar refractivity (Wildman–Crippen MR) is 71.0 cm³/mol. The molecule has 0 saturated heterocycles. The maximum atomic E-state index is 12.0. The number of methoxy groups -OCH3 is 3. The second-order valence-corrected chi connectivity index (χ2v) is 5.00. The molecule has 118 valence electrons. The molecule has 1 saturated carbocycles. The molecule has 0 aromatic heterocycles. The van der Waals surface area contributed by atoms with E-state index in [1.54, 1.807) is 0 Å². The summed E-state index contributed by atoms with van der Waals surface area (Å²) in [5.41, 5.74) is -1.43. The van der Waals surface area contributed by atoms with Gasteiger partial charge in [0.2, 0.25) is 0 Å². The molecular formula is C14H20O7. The summed E-state index contributed by atoms with van der Waals surface area (Å²) in [6.45, 7) is 3.61. The molecule has 1 aliphatic rings. The molecule has 21 heavy (non-hydrogen) atoms. The fraction of sp³-hybridized carbons (Fsp3) is 0.643. The number of carbonyl (C=O) groups excluding carboxylic acids is 3. The molecule has 0 spiro atoms. The Balaban J connectivity index is 2.99. The number of esters is 3. The van der Waals surface area contributed by atoms with Crippen molar-refractivity contribution in [1.82, 2.24) is 0 Å². The summed E-state index contributed by atoms with van der Waals surface area (Å²) < 4.78 is 13.9. The van der Waals surface area contributed by atoms with Crippen molar-refractivity contribution in [3.63, 3.8) is 0 Å². The maximum absolute atomic E-state index is 12.0. The lowest BCUT2D eigenvalue weighted by Crippen LogP contribution is -2.49. The van der Waals surface area contributed by atoms with Gasteiger partial charge < -0.3 is 19.3 Å². The Morgan fingerprint density at radius 3 is 2.00 bits per heavy atom. The predicted octanol–water partition coefficient (Wildman–Crippen LogP) is 0.209. The Labute approximate surface area is 122 Å². The maximum Gasteiger partial charge on any atom is 0.333 e. The Morgan fingerprint density at radius 2 is 1.62 bits per heavy atom. The van der Waals surface area contributed by atoms with Gasteiger partial charge in [-0.15, -0.1) is 0 Å². The Kier molecular flexibility index (Phi) is 5.48. The second-order valence-electron chi connectivity index (χ2n) is 5.00. The van der Waals surface area contributed by atoms with E-state index in [9.17, 15) is 19.5 Å². The number of rotatable bonds is 4. The highest BCUT2D eigenvalue weighted by Crippen LogP contribution is 2.43. The van der Waals surface area contributed by atoms with Crippen molar-refractivity contribution in [3.05, 3.63) is 12.2 Å². The van der Waals surface area contributed by atoms with Gasteiger partial charge in [-0.2, -0.15) is 0 Å². The number of ether oxygens (including phenoxy) is 3. The first-order valence-electron chi connectivity index (χ1n) is 6.46. The van der Waals surface area contributed by atoms with Gasteiger partial charge in [0.05, 0.1) is 27.4 Å². The molecule has 7 nitrogen and oxygen atoms in total. The Bertz CT molecular complexity index is 438. The van der Waals surface area contributed by atoms with Crippen molar-refractivity contribution in [2.75, 3.05) is 21.3 Å². The van der Waals surface area contributed by atoms with E-state index in [0.717, 1.165) is 0 Å². The molecule has 1 rings (SSSR count). The van der Waals surface area contributed by atoms with Crippen LogP contribution in [0.15, 0.2) is 12.2 Å². The first-order valence-corrected chi connectivity index (χ1v) is 6.46. The van der Waals surface area contributed by atoms with Crippen LogP contribution < -0.4 is 0 Å². The van der Waals surface area contributed by atoms with E-state index in [1.165, 1.54) is 21.3 Å². The van der Waals surface area contributed by atoms with Gasteiger partial charge in [0, 0.05) is 17.9 Å². The van der Waals surface area contributed by atoms with Crippen molar-refractivity contribution in [1.29, 1.82) is 0 Å². The van der Waals surface area contributed by atoms with Crippen LogP contribution in [0.4, 0.5) is 0 Å². The molecule has 0 aromatic carbocycles. The monoisotopic (exact) mass is 300 g/mol. The van der Waals surface area contributed by atoms with E-state index in [0.29, 0.717) is 0 Å². The third-order valence-electron chi connectivity index (χ3n) is 3.95. The highest BCUT2D eigenvalue weighted by Gasteiger charge is 2.54. The van der Waals surface area contributed by atoms with E-state index in [2.05, 4.69) is 20.8 Å². The van der Waals surface area contributed by atoms with Crippen LogP contribution in [-0.4, -0.2) is 50.4 Å². The molecule has 0 bridgehead atoms. The fourth-order valence-electron chi connectivity index (χ4n) is 2.73. The van der Waals surface area contributed by atoms with Gasteiger partial charge in [0.1, 0.15) is 0 Å². The SMILES string of the molecule is C=C(C(=O)OC)[C@H]1CCC(C(=O)OC)(C(=O)OC)C[C@@H]1O. The van der Waals surface area contributed by atoms with Gasteiger partial charge in [0.25, 0.3) is 0 Å². The van der Waals surface area contributed by atoms with Gasteiger partial charge in [-0.25, -0.2) is 4.79 Å². The van der Waals surface area contributed by atoms with Crippen LogP contribution in [0.3, 0.4) is 0 Å². The van der Waals surface area contributed by atoms with Gasteiger partial charge in [-0.05, 0) is 12.8 Å². The molecule has 0 aromatic rings. The Hall–Kier alpha value is -1.89. The Morgan fingerprint density at radius 1 is 1.10 bits per heavy atom. The highest BCUT2D eigenvalue weighted by atomic mass is 16.5. The van der Waals surface area contributed by atoms with Crippen LogP contribution in [0, 0.1) is 11.3 Å². The first-order chi connectivity index (χ1) is 9.83. The molecular weight excluding hydrogens is 280 g/mol. The quantitative estimate of drug-likeness (QED) is 0.343. The second kappa shape index (κ2) is 6.71. The van der Waals surface area contributed by atoms with Gasteiger partial charge in [-0.3, -0.25) is 9.59 Å². The van der Waals surface area contributed by atoms with E-state index in [1.807, 2.05) is 0 Å². The normalized spacial score (nSPS) is 23.8. The van der Waals surface area contributed by atoms with Crippen molar-refractivity contribution >= 4 is 17.9 Å². The van der Waals surface area contributed by atoms with Gasteiger partial charge >= 0.3 is 17.9 Å². The molecule has 1 N–H and O–H groups in total. The molecule has 7 heteroatoms.